The van der Waals surface area contributed by atoms with Crippen molar-refractivity contribution in [2.45, 2.75) is 13.3 Å². The first-order valence-corrected chi connectivity index (χ1v) is 5.85. The summed E-state index contributed by atoms with van der Waals surface area (Å²) in [5, 5.41) is 14.8. The zero-order valence-electron chi connectivity index (χ0n) is 10.1. The third-order valence-electron chi connectivity index (χ3n) is 1.98. The van der Waals surface area contributed by atoms with Crippen molar-refractivity contribution in [2.75, 3.05) is 43.5 Å². The predicted molar refractivity (Wildman–Crippen MR) is 67.2 cm³/mol. The summed E-state index contributed by atoms with van der Waals surface area (Å²) in [6.45, 7) is 4.58. The Morgan fingerprint density at radius 1 is 1.18 bits per heavy atom. The molecule has 0 amide bonds. The van der Waals surface area contributed by atoms with Gasteiger partial charge in [-0.2, -0.15) is 0 Å². The average Bonchev–Trinajstić information content (AvgIpc) is 2.37. The number of anilines is 2. The van der Waals surface area contributed by atoms with Crippen LogP contribution >= 0.6 is 0 Å². The summed E-state index contributed by atoms with van der Waals surface area (Å²) in [7, 11) is 0. The Hall–Kier alpha value is -1.40. The molecular weight excluding hydrogens is 220 g/mol. The van der Waals surface area contributed by atoms with Crippen LogP contribution in [0.1, 0.15) is 13.3 Å². The lowest BCUT2D eigenvalue weighted by molar-refractivity contribution is 0.0992. The van der Waals surface area contributed by atoms with Gasteiger partial charge in [0.25, 0.3) is 0 Å². The minimum absolute atomic E-state index is 0.0518. The molecule has 0 saturated carbocycles. The molecular formula is C11H20N4O2. The third kappa shape index (κ3) is 6.03. The summed E-state index contributed by atoms with van der Waals surface area (Å²) in [6.07, 6.45) is 4.42. The van der Waals surface area contributed by atoms with E-state index in [4.69, 9.17) is 9.84 Å². The number of ether oxygens (including phenoxy) is 1. The number of aliphatic hydroxyl groups is 1. The van der Waals surface area contributed by atoms with E-state index in [1.807, 2.05) is 0 Å². The van der Waals surface area contributed by atoms with Crippen LogP contribution in [-0.4, -0.2) is 48.0 Å². The Bertz CT molecular complexity index is 309. The predicted octanol–water partition coefficient (Wildman–Crippen LogP) is 0.719. The number of rotatable bonds is 9. The van der Waals surface area contributed by atoms with E-state index in [-0.39, 0.29) is 6.61 Å². The maximum absolute atomic E-state index is 8.53. The molecule has 0 radical (unpaired) electrons. The molecule has 6 nitrogen and oxygen atoms in total. The molecule has 1 rings (SSSR count). The second kappa shape index (κ2) is 8.72. The minimum atomic E-state index is 0.0518. The molecule has 6 heteroatoms. The van der Waals surface area contributed by atoms with Crippen LogP contribution in [0.4, 0.5) is 11.6 Å². The summed E-state index contributed by atoms with van der Waals surface area (Å²) in [6, 6.07) is 0. The van der Waals surface area contributed by atoms with Crippen LogP contribution in [0.5, 0.6) is 0 Å². The molecule has 0 aromatic carbocycles. The number of hydrogen-bond donors (Lipinski definition) is 3. The highest BCUT2D eigenvalue weighted by Crippen LogP contribution is 2.05. The van der Waals surface area contributed by atoms with Crippen LogP contribution in [0, 0.1) is 0 Å². The molecule has 0 aliphatic heterocycles. The fourth-order valence-electron chi connectivity index (χ4n) is 1.21. The van der Waals surface area contributed by atoms with Gasteiger partial charge in [-0.25, -0.2) is 4.98 Å². The monoisotopic (exact) mass is 240 g/mol. The van der Waals surface area contributed by atoms with Gasteiger partial charge in [0.05, 0.1) is 32.2 Å². The molecule has 0 unspecified atom stereocenters. The van der Waals surface area contributed by atoms with E-state index in [0.29, 0.717) is 19.8 Å². The summed E-state index contributed by atoms with van der Waals surface area (Å²) < 4.78 is 5.12. The first-order chi connectivity index (χ1) is 8.36. The van der Waals surface area contributed by atoms with Crippen LogP contribution in [-0.2, 0) is 4.74 Å². The van der Waals surface area contributed by atoms with Crippen LogP contribution in [0.15, 0.2) is 12.4 Å². The van der Waals surface area contributed by atoms with Gasteiger partial charge in [-0.1, -0.05) is 6.92 Å². The number of hydrogen-bond acceptors (Lipinski definition) is 6. The van der Waals surface area contributed by atoms with Crippen molar-refractivity contribution < 1.29 is 9.84 Å². The van der Waals surface area contributed by atoms with Crippen molar-refractivity contribution in [2.24, 2.45) is 0 Å². The van der Waals surface area contributed by atoms with Gasteiger partial charge in [-0.3, -0.25) is 4.98 Å². The van der Waals surface area contributed by atoms with Gasteiger partial charge in [0.1, 0.15) is 11.6 Å². The van der Waals surface area contributed by atoms with E-state index in [2.05, 4.69) is 27.5 Å². The number of aromatic nitrogens is 2. The number of aliphatic hydroxyl groups excluding tert-OH is 1. The molecule has 1 aromatic heterocycles. The quantitative estimate of drug-likeness (QED) is 0.552. The van der Waals surface area contributed by atoms with Crippen LogP contribution in [0.3, 0.4) is 0 Å². The Morgan fingerprint density at radius 3 is 2.53 bits per heavy atom. The highest BCUT2D eigenvalue weighted by molar-refractivity contribution is 5.41. The molecule has 0 bridgehead atoms. The molecule has 1 heterocycles. The van der Waals surface area contributed by atoms with Gasteiger partial charge in [0.15, 0.2) is 0 Å². The van der Waals surface area contributed by atoms with Crippen LogP contribution in [0.2, 0.25) is 0 Å². The summed E-state index contributed by atoms with van der Waals surface area (Å²) in [5.74, 6) is 1.49. The summed E-state index contributed by atoms with van der Waals surface area (Å²) >= 11 is 0. The highest BCUT2D eigenvalue weighted by Gasteiger charge is 1.97. The Balaban J connectivity index is 2.27. The lowest BCUT2D eigenvalue weighted by Crippen LogP contribution is -2.13. The molecule has 0 aliphatic carbocycles. The maximum atomic E-state index is 8.53. The maximum Gasteiger partial charge on any atom is 0.147 e. The van der Waals surface area contributed by atoms with Gasteiger partial charge >= 0.3 is 0 Å². The first-order valence-electron chi connectivity index (χ1n) is 5.85. The Kier molecular flexibility index (Phi) is 7.01. The topological polar surface area (TPSA) is 79.3 Å². The Labute approximate surface area is 101 Å². The zero-order chi connectivity index (χ0) is 12.3. The first kappa shape index (κ1) is 13.7. The lowest BCUT2D eigenvalue weighted by Gasteiger charge is -2.08. The van der Waals surface area contributed by atoms with Crippen LogP contribution < -0.4 is 10.6 Å². The standard InChI is InChI=1S/C11H20N4O2/c1-2-3-13-10-8-12-9-11(15-10)14-4-6-17-7-5-16/h8-9,16H,2-7H2,1H3,(H2,13,14,15). The molecule has 0 fully saturated rings. The average molecular weight is 240 g/mol. The van der Waals surface area contributed by atoms with Crippen molar-refractivity contribution >= 4 is 11.6 Å². The molecule has 17 heavy (non-hydrogen) atoms. The van der Waals surface area contributed by atoms with E-state index < -0.39 is 0 Å². The second-order valence-corrected chi connectivity index (χ2v) is 3.48. The van der Waals surface area contributed by atoms with Gasteiger partial charge in [0.2, 0.25) is 0 Å². The van der Waals surface area contributed by atoms with E-state index in [0.717, 1.165) is 24.6 Å². The fourth-order valence-corrected chi connectivity index (χ4v) is 1.21. The van der Waals surface area contributed by atoms with Crippen LogP contribution in [0.25, 0.3) is 0 Å². The molecule has 3 N–H and O–H groups in total. The van der Waals surface area contributed by atoms with E-state index >= 15 is 0 Å². The van der Waals surface area contributed by atoms with Crippen molar-refractivity contribution in [3.05, 3.63) is 12.4 Å². The largest absolute Gasteiger partial charge is 0.394 e. The fraction of sp³-hybridized carbons (Fsp3) is 0.636. The molecule has 1 aromatic rings. The SMILES string of the molecule is CCCNc1cncc(NCCOCCO)n1. The van der Waals surface area contributed by atoms with E-state index in [1.54, 1.807) is 12.4 Å². The van der Waals surface area contributed by atoms with E-state index in [9.17, 15) is 0 Å². The molecule has 0 aliphatic rings. The zero-order valence-corrected chi connectivity index (χ0v) is 10.1. The minimum Gasteiger partial charge on any atom is -0.394 e. The van der Waals surface area contributed by atoms with Gasteiger partial charge in [-0.05, 0) is 6.42 Å². The smallest absolute Gasteiger partial charge is 0.147 e. The van der Waals surface area contributed by atoms with Gasteiger partial charge < -0.3 is 20.5 Å². The summed E-state index contributed by atoms with van der Waals surface area (Å²) in [4.78, 5) is 8.42. The normalized spacial score (nSPS) is 10.2. The molecule has 96 valence electrons. The third-order valence-corrected chi connectivity index (χ3v) is 1.98. The van der Waals surface area contributed by atoms with Gasteiger partial charge in [-0.15, -0.1) is 0 Å². The van der Waals surface area contributed by atoms with Crippen molar-refractivity contribution in [1.82, 2.24) is 9.97 Å². The van der Waals surface area contributed by atoms with Crippen molar-refractivity contribution in [3.8, 4) is 0 Å². The molecule has 0 atom stereocenters. The van der Waals surface area contributed by atoms with Gasteiger partial charge in [0, 0.05) is 13.1 Å². The highest BCUT2D eigenvalue weighted by atomic mass is 16.5. The lowest BCUT2D eigenvalue weighted by atomic mass is 10.5. The Morgan fingerprint density at radius 2 is 1.88 bits per heavy atom. The number of nitrogens with zero attached hydrogens (tertiary/aromatic N) is 2. The number of nitrogens with one attached hydrogen (secondary N) is 2. The summed E-state index contributed by atoms with van der Waals surface area (Å²) in [5.41, 5.74) is 0. The van der Waals surface area contributed by atoms with Crippen molar-refractivity contribution in [1.29, 1.82) is 0 Å². The molecule has 0 spiro atoms. The second-order valence-electron chi connectivity index (χ2n) is 3.48. The molecule has 0 saturated heterocycles. The van der Waals surface area contributed by atoms with Crippen molar-refractivity contribution in [3.63, 3.8) is 0 Å². The van der Waals surface area contributed by atoms with E-state index in [1.165, 1.54) is 0 Å².